The van der Waals surface area contributed by atoms with E-state index in [1.807, 2.05) is 29.0 Å². The third-order valence-corrected chi connectivity index (χ3v) is 4.75. The van der Waals surface area contributed by atoms with E-state index in [9.17, 15) is 0 Å². The van der Waals surface area contributed by atoms with Crippen molar-refractivity contribution in [2.24, 2.45) is 0 Å². The zero-order valence-electron chi connectivity index (χ0n) is 10.4. The number of thiazole rings is 1. The van der Waals surface area contributed by atoms with Crippen LogP contribution in [0.4, 0.5) is 0 Å². The maximum absolute atomic E-state index is 5.70. The third kappa shape index (κ3) is 1.97. The summed E-state index contributed by atoms with van der Waals surface area (Å²) in [6.07, 6.45) is 1.78. The smallest absolute Gasteiger partial charge is 0.181 e. The minimum atomic E-state index is 0.591. The van der Waals surface area contributed by atoms with Crippen molar-refractivity contribution in [2.75, 3.05) is 13.2 Å². The summed E-state index contributed by atoms with van der Waals surface area (Å²) in [4.78, 5) is 10.0. The lowest BCUT2D eigenvalue weighted by atomic mass is 10.3. The molecule has 20 heavy (non-hydrogen) atoms. The van der Waals surface area contributed by atoms with Gasteiger partial charge >= 0.3 is 0 Å². The fraction of sp³-hybridized carbons (Fsp3) is 0.143. The summed E-state index contributed by atoms with van der Waals surface area (Å²) < 4.78 is 11.3. The number of pyridine rings is 1. The topological polar surface area (TPSA) is 44.2 Å². The molecule has 0 radical (unpaired) electrons. The van der Waals surface area contributed by atoms with Crippen molar-refractivity contribution in [1.82, 2.24) is 9.97 Å². The summed E-state index contributed by atoms with van der Waals surface area (Å²) in [5.74, 6) is 1.64. The number of hydrogen-bond donors (Lipinski definition) is 0. The molecule has 0 aliphatic carbocycles. The van der Waals surface area contributed by atoms with Gasteiger partial charge in [0, 0.05) is 17.0 Å². The minimum absolute atomic E-state index is 0.591. The molecule has 0 amide bonds. The first-order valence-electron chi connectivity index (χ1n) is 6.16. The molecule has 4 nitrogen and oxygen atoms in total. The van der Waals surface area contributed by atoms with Gasteiger partial charge in [-0.3, -0.25) is 4.98 Å². The molecule has 0 atom stereocenters. The van der Waals surface area contributed by atoms with E-state index in [0.29, 0.717) is 13.2 Å². The van der Waals surface area contributed by atoms with Crippen molar-refractivity contribution in [3.63, 3.8) is 0 Å². The normalized spacial score (nSPS) is 13.4. The van der Waals surface area contributed by atoms with Crippen LogP contribution in [0.2, 0.25) is 0 Å². The summed E-state index contributed by atoms with van der Waals surface area (Å²) in [5, 5.41) is 4.93. The van der Waals surface area contributed by atoms with E-state index in [2.05, 4.69) is 9.97 Å². The molecule has 0 aromatic carbocycles. The maximum atomic E-state index is 5.70. The molecule has 6 heteroatoms. The standard InChI is InChI=1S/C14H10N2O2S2/c1-2-4-15-9(3-1)14-16-10(7-20-14)13-12-11(8-19-13)17-5-6-18-12/h1-4,7-8H,5-6H2. The van der Waals surface area contributed by atoms with Gasteiger partial charge in [-0.1, -0.05) is 6.07 Å². The SMILES string of the molecule is c1ccc(-c2nc(-c3scc4c3OCCO4)cs2)nc1. The van der Waals surface area contributed by atoms with Crippen molar-refractivity contribution >= 4 is 22.7 Å². The summed E-state index contributed by atoms with van der Waals surface area (Å²) in [5.41, 5.74) is 1.82. The van der Waals surface area contributed by atoms with Gasteiger partial charge in [0.1, 0.15) is 18.2 Å². The molecule has 0 fully saturated rings. The van der Waals surface area contributed by atoms with Gasteiger partial charge in [0.2, 0.25) is 0 Å². The van der Waals surface area contributed by atoms with Gasteiger partial charge in [0.15, 0.2) is 11.5 Å². The van der Waals surface area contributed by atoms with Crippen LogP contribution in [0.1, 0.15) is 0 Å². The van der Waals surface area contributed by atoms with E-state index in [0.717, 1.165) is 32.8 Å². The van der Waals surface area contributed by atoms with Gasteiger partial charge < -0.3 is 9.47 Å². The average molecular weight is 302 g/mol. The highest BCUT2D eigenvalue weighted by Gasteiger charge is 2.21. The highest BCUT2D eigenvalue weighted by molar-refractivity contribution is 7.16. The second kappa shape index (κ2) is 4.88. The first-order valence-corrected chi connectivity index (χ1v) is 7.92. The molecule has 0 bridgehead atoms. The molecule has 1 aliphatic heterocycles. The van der Waals surface area contributed by atoms with Gasteiger partial charge in [0.05, 0.1) is 16.3 Å². The van der Waals surface area contributed by atoms with Gasteiger partial charge in [-0.05, 0) is 12.1 Å². The number of rotatable bonds is 2. The molecule has 0 unspecified atom stereocenters. The zero-order chi connectivity index (χ0) is 13.4. The Morgan fingerprint density at radius 3 is 2.85 bits per heavy atom. The first kappa shape index (κ1) is 11.9. The Labute approximate surface area is 123 Å². The fourth-order valence-electron chi connectivity index (χ4n) is 2.02. The number of ether oxygens (including phenoxy) is 2. The highest BCUT2D eigenvalue weighted by atomic mass is 32.1. The van der Waals surface area contributed by atoms with E-state index >= 15 is 0 Å². The molecule has 3 aromatic heterocycles. The maximum Gasteiger partial charge on any atom is 0.181 e. The third-order valence-electron chi connectivity index (χ3n) is 2.92. The van der Waals surface area contributed by atoms with Crippen LogP contribution in [0.3, 0.4) is 0 Å². The van der Waals surface area contributed by atoms with Crippen molar-refractivity contribution in [2.45, 2.75) is 0 Å². The van der Waals surface area contributed by atoms with Crippen molar-refractivity contribution in [1.29, 1.82) is 0 Å². The number of thiophene rings is 1. The molecule has 0 spiro atoms. The molecule has 100 valence electrons. The second-order valence-corrected chi connectivity index (χ2v) is 5.95. The summed E-state index contributed by atoms with van der Waals surface area (Å²) in [6.45, 7) is 1.20. The number of fused-ring (bicyclic) bond motifs is 1. The monoisotopic (exact) mass is 302 g/mol. The molecule has 0 saturated heterocycles. The van der Waals surface area contributed by atoms with Gasteiger partial charge in [-0.15, -0.1) is 22.7 Å². The van der Waals surface area contributed by atoms with E-state index in [4.69, 9.17) is 9.47 Å². The minimum Gasteiger partial charge on any atom is -0.485 e. The Morgan fingerprint density at radius 2 is 1.95 bits per heavy atom. The fourth-order valence-corrected chi connectivity index (χ4v) is 3.78. The highest BCUT2D eigenvalue weighted by Crippen LogP contribution is 2.46. The van der Waals surface area contributed by atoms with E-state index < -0.39 is 0 Å². The van der Waals surface area contributed by atoms with E-state index in [1.165, 1.54) is 0 Å². The number of nitrogens with zero attached hydrogens (tertiary/aromatic N) is 2. The summed E-state index contributed by atoms with van der Waals surface area (Å²) in [7, 11) is 0. The lowest BCUT2D eigenvalue weighted by Gasteiger charge is -2.15. The number of hydrogen-bond acceptors (Lipinski definition) is 6. The van der Waals surface area contributed by atoms with E-state index in [1.54, 1.807) is 28.9 Å². The summed E-state index contributed by atoms with van der Waals surface area (Å²) in [6, 6.07) is 5.83. The second-order valence-electron chi connectivity index (χ2n) is 4.21. The predicted octanol–water partition coefficient (Wildman–Crippen LogP) is 3.70. The Morgan fingerprint density at radius 1 is 1.00 bits per heavy atom. The largest absolute Gasteiger partial charge is 0.485 e. The molecule has 1 aliphatic rings. The van der Waals surface area contributed by atoms with Crippen molar-refractivity contribution in [3.8, 4) is 32.8 Å². The van der Waals surface area contributed by atoms with Gasteiger partial charge in [-0.25, -0.2) is 4.98 Å². The lowest BCUT2D eigenvalue weighted by Crippen LogP contribution is -2.14. The van der Waals surface area contributed by atoms with Crippen molar-refractivity contribution < 1.29 is 9.47 Å². The summed E-state index contributed by atoms with van der Waals surface area (Å²) >= 11 is 3.19. The van der Waals surface area contributed by atoms with Crippen LogP contribution in [0.25, 0.3) is 21.3 Å². The van der Waals surface area contributed by atoms with Crippen LogP contribution in [-0.2, 0) is 0 Å². The predicted molar refractivity (Wildman–Crippen MR) is 79.6 cm³/mol. The van der Waals surface area contributed by atoms with Crippen molar-refractivity contribution in [3.05, 3.63) is 35.2 Å². The molecule has 4 rings (SSSR count). The van der Waals surface area contributed by atoms with Crippen LogP contribution in [0, 0.1) is 0 Å². The molecular formula is C14H10N2O2S2. The lowest BCUT2D eigenvalue weighted by molar-refractivity contribution is 0.174. The molecule has 0 saturated carbocycles. The average Bonchev–Trinajstić information content (AvgIpc) is 3.14. The number of aromatic nitrogens is 2. The quantitative estimate of drug-likeness (QED) is 0.724. The first-order chi connectivity index (χ1) is 9.92. The molecule has 4 heterocycles. The Kier molecular flexibility index (Phi) is 2.90. The Balaban J connectivity index is 1.74. The van der Waals surface area contributed by atoms with Crippen LogP contribution >= 0.6 is 22.7 Å². The molecule has 3 aromatic rings. The Hall–Kier alpha value is -1.92. The molecule has 0 N–H and O–H groups in total. The Bertz CT molecular complexity index is 737. The zero-order valence-corrected chi connectivity index (χ0v) is 12.0. The van der Waals surface area contributed by atoms with Crippen LogP contribution < -0.4 is 9.47 Å². The van der Waals surface area contributed by atoms with E-state index in [-0.39, 0.29) is 0 Å². The molecular weight excluding hydrogens is 292 g/mol. The van der Waals surface area contributed by atoms with Gasteiger partial charge in [0.25, 0.3) is 0 Å². The van der Waals surface area contributed by atoms with Gasteiger partial charge in [-0.2, -0.15) is 0 Å². The van der Waals surface area contributed by atoms with Crippen LogP contribution in [-0.4, -0.2) is 23.2 Å². The van der Waals surface area contributed by atoms with Crippen LogP contribution in [0.15, 0.2) is 35.2 Å². The van der Waals surface area contributed by atoms with Crippen LogP contribution in [0.5, 0.6) is 11.5 Å².